The first-order valence-electron chi connectivity index (χ1n) is 8.99. The van der Waals surface area contributed by atoms with Crippen molar-refractivity contribution in [3.05, 3.63) is 53.1 Å². The molecule has 1 aliphatic heterocycles. The number of ether oxygens (including phenoxy) is 2. The van der Waals surface area contributed by atoms with Gasteiger partial charge in [0.15, 0.2) is 13.2 Å². The predicted octanol–water partition coefficient (Wildman–Crippen LogP) is 2.75. The summed E-state index contributed by atoms with van der Waals surface area (Å²) in [5, 5.41) is 5.54. The van der Waals surface area contributed by atoms with Gasteiger partial charge in [0.1, 0.15) is 5.75 Å². The van der Waals surface area contributed by atoms with Crippen LogP contribution in [0.25, 0.3) is 0 Å². The molecule has 0 saturated carbocycles. The smallest absolute Gasteiger partial charge is 0.344 e. The summed E-state index contributed by atoms with van der Waals surface area (Å²) in [7, 11) is 0. The maximum atomic E-state index is 12.0. The molecule has 0 aromatic heterocycles. The Kier molecular flexibility index (Phi) is 5.93. The van der Waals surface area contributed by atoms with Gasteiger partial charge in [0, 0.05) is 17.8 Å². The molecule has 2 aromatic carbocycles. The van der Waals surface area contributed by atoms with Gasteiger partial charge in [0.2, 0.25) is 5.91 Å². The van der Waals surface area contributed by atoms with E-state index in [1.54, 1.807) is 18.2 Å². The number of hydrogen-bond acceptors (Lipinski definition) is 5. The number of aryl methyl sites for hydroxylation is 3. The van der Waals surface area contributed by atoms with Crippen molar-refractivity contribution < 1.29 is 23.9 Å². The number of hydrogen-bond donors (Lipinski definition) is 2. The Bertz CT molecular complexity index is 903. The van der Waals surface area contributed by atoms with Gasteiger partial charge in [-0.2, -0.15) is 0 Å². The molecule has 2 N–H and O–H groups in total. The zero-order chi connectivity index (χ0) is 20.1. The number of carbonyl (C=O) groups is 3. The second-order valence-corrected chi connectivity index (χ2v) is 6.63. The second-order valence-electron chi connectivity index (χ2n) is 6.63. The highest BCUT2D eigenvalue weighted by molar-refractivity contribution is 5.94. The molecule has 1 heterocycles. The van der Waals surface area contributed by atoms with Gasteiger partial charge < -0.3 is 20.1 Å². The lowest BCUT2D eigenvalue weighted by Crippen LogP contribution is -2.24. The first kappa shape index (κ1) is 19.4. The zero-order valence-corrected chi connectivity index (χ0v) is 15.8. The standard InChI is InChI=1S/C21H22N2O5/c1-13-4-3-5-14(2)21(13)23-19(25)11-28-20(26)12-27-16-7-8-17-15(10-16)6-9-18(24)22-17/h3-5,7-8,10H,6,9,11-12H2,1-2H3,(H,22,24)(H,23,25). The third-order valence-electron chi connectivity index (χ3n) is 4.44. The summed E-state index contributed by atoms with van der Waals surface area (Å²) in [6, 6.07) is 10.9. The number of esters is 1. The Morgan fingerprint density at radius 3 is 2.57 bits per heavy atom. The molecule has 1 aliphatic rings. The summed E-state index contributed by atoms with van der Waals surface area (Å²) in [5.41, 5.74) is 4.31. The molecule has 3 rings (SSSR count). The molecule has 0 saturated heterocycles. The van der Waals surface area contributed by atoms with Gasteiger partial charge in [-0.25, -0.2) is 4.79 Å². The third-order valence-corrected chi connectivity index (χ3v) is 4.44. The number of benzene rings is 2. The minimum absolute atomic E-state index is 0.0103. The fraction of sp³-hybridized carbons (Fsp3) is 0.286. The van der Waals surface area contributed by atoms with E-state index in [-0.39, 0.29) is 19.1 Å². The Balaban J connectivity index is 1.46. The third kappa shape index (κ3) is 4.88. The van der Waals surface area contributed by atoms with Crippen LogP contribution in [0.5, 0.6) is 5.75 Å². The van der Waals surface area contributed by atoms with Gasteiger partial charge in [0.05, 0.1) is 0 Å². The molecule has 7 nitrogen and oxygen atoms in total. The van der Waals surface area contributed by atoms with Crippen molar-refractivity contribution in [2.75, 3.05) is 23.8 Å². The lowest BCUT2D eigenvalue weighted by atomic mass is 10.0. The summed E-state index contributed by atoms with van der Waals surface area (Å²) in [4.78, 5) is 35.2. The molecule has 146 valence electrons. The summed E-state index contributed by atoms with van der Waals surface area (Å²) < 4.78 is 10.4. The molecule has 7 heteroatoms. The van der Waals surface area contributed by atoms with Crippen LogP contribution in [0.2, 0.25) is 0 Å². The number of nitrogens with one attached hydrogen (secondary N) is 2. The van der Waals surface area contributed by atoms with E-state index in [0.29, 0.717) is 18.6 Å². The summed E-state index contributed by atoms with van der Waals surface area (Å²) in [6.07, 6.45) is 1.05. The van der Waals surface area contributed by atoms with Crippen molar-refractivity contribution >= 4 is 29.2 Å². The van der Waals surface area contributed by atoms with E-state index in [9.17, 15) is 14.4 Å². The molecule has 2 aromatic rings. The molecule has 0 fully saturated rings. The first-order chi connectivity index (χ1) is 13.4. The minimum atomic E-state index is -0.636. The second kappa shape index (κ2) is 8.56. The SMILES string of the molecule is Cc1cccc(C)c1NC(=O)COC(=O)COc1ccc2c(c1)CCC(=O)N2. The van der Waals surface area contributed by atoms with Crippen LogP contribution in [-0.2, 0) is 25.5 Å². The van der Waals surface area contributed by atoms with Gasteiger partial charge >= 0.3 is 5.97 Å². The van der Waals surface area contributed by atoms with Gasteiger partial charge in [-0.05, 0) is 55.2 Å². The van der Waals surface area contributed by atoms with Crippen molar-refractivity contribution in [1.82, 2.24) is 0 Å². The number of amides is 2. The van der Waals surface area contributed by atoms with E-state index >= 15 is 0 Å². The maximum Gasteiger partial charge on any atom is 0.344 e. The van der Waals surface area contributed by atoms with E-state index in [0.717, 1.165) is 28.1 Å². The molecule has 0 aliphatic carbocycles. The number of anilines is 2. The maximum absolute atomic E-state index is 12.0. The number of rotatable bonds is 6. The zero-order valence-electron chi connectivity index (χ0n) is 15.8. The number of para-hydroxylation sites is 1. The van der Waals surface area contributed by atoms with Crippen molar-refractivity contribution in [2.45, 2.75) is 26.7 Å². The summed E-state index contributed by atoms with van der Waals surface area (Å²) in [6.45, 7) is 3.10. The molecule has 0 radical (unpaired) electrons. The first-order valence-corrected chi connectivity index (χ1v) is 8.99. The normalized spacial score (nSPS) is 12.6. The molecular formula is C21H22N2O5. The monoisotopic (exact) mass is 382 g/mol. The van der Waals surface area contributed by atoms with E-state index < -0.39 is 11.9 Å². The van der Waals surface area contributed by atoms with Crippen LogP contribution in [0.4, 0.5) is 11.4 Å². The lowest BCUT2D eigenvalue weighted by molar-refractivity contribution is -0.149. The highest BCUT2D eigenvalue weighted by Gasteiger charge is 2.16. The highest BCUT2D eigenvalue weighted by Crippen LogP contribution is 2.26. The Hall–Kier alpha value is -3.35. The Labute approximate surface area is 163 Å². The fourth-order valence-electron chi connectivity index (χ4n) is 2.97. The van der Waals surface area contributed by atoms with Crippen LogP contribution in [0.3, 0.4) is 0 Å². The Morgan fingerprint density at radius 1 is 1.07 bits per heavy atom. The van der Waals surface area contributed by atoms with Gasteiger partial charge in [-0.15, -0.1) is 0 Å². The highest BCUT2D eigenvalue weighted by atomic mass is 16.6. The summed E-state index contributed by atoms with van der Waals surface area (Å²) >= 11 is 0. The van der Waals surface area contributed by atoms with Crippen LogP contribution >= 0.6 is 0 Å². The minimum Gasteiger partial charge on any atom is -0.482 e. The molecule has 0 bridgehead atoms. The van der Waals surface area contributed by atoms with Crippen LogP contribution in [0, 0.1) is 13.8 Å². The van der Waals surface area contributed by atoms with Crippen molar-refractivity contribution in [2.24, 2.45) is 0 Å². The number of fused-ring (bicyclic) bond motifs is 1. The van der Waals surface area contributed by atoms with Crippen LogP contribution in [0.15, 0.2) is 36.4 Å². The molecular weight excluding hydrogens is 360 g/mol. The van der Waals surface area contributed by atoms with Gasteiger partial charge in [-0.1, -0.05) is 18.2 Å². The van der Waals surface area contributed by atoms with E-state index in [1.807, 2.05) is 32.0 Å². The van der Waals surface area contributed by atoms with Gasteiger partial charge in [0.25, 0.3) is 5.91 Å². The van der Waals surface area contributed by atoms with E-state index in [2.05, 4.69) is 10.6 Å². The molecule has 2 amide bonds. The molecule has 28 heavy (non-hydrogen) atoms. The average Bonchev–Trinajstić information content (AvgIpc) is 2.67. The van der Waals surface area contributed by atoms with Crippen molar-refractivity contribution in [3.8, 4) is 5.75 Å². The topological polar surface area (TPSA) is 93.7 Å². The largest absolute Gasteiger partial charge is 0.482 e. The molecule has 0 unspecified atom stereocenters. The summed E-state index contributed by atoms with van der Waals surface area (Å²) in [5.74, 6) is -0.548. The van der Waals surface area contributed by atoms with Crippen LogP contribution in [-0.4, -0.2) is 31.0 Å². The van der Waals surface area contributed by atoms with Crippen molar-refractivity contribution in [3.63, 3.8) is 0 Å². The van der Waals surface area contributed by atoms with Crippen LogP contribution < -0.4 is 15.4 Å². The predicted molar refractivity (Wildman–Crippen MR) is 104 cm³/mol. The Morgan fingerprint density at radius 2 is 1.82 bits per heavy atom. The molecule has 0 atom stereocenters. The van der Waals surface area contributed by atoms with Crippen molar-refractivity contribution in [1.29, 1.82) is 0 Å². The van der Waals surface area contributed by atoms with Gasteiger partial charge in [-0.3, -0.25) is 9.59 Å². The average molecular weight is 382 g/mol. The fourth-order valence-corrected chi connectivity index (χ4v) is 2.97. The lowest BCUT2D eigenvalue weighted by Gasteiger charge is -2.17. The molecule has 0 spiro atoms. The quantitative estimate of drug-likeness (QED) is 0.750. The van der Waals surface area contributed by atoms with E-state index in [1.165, 1.54) is 0 Å². The number of carbonyl (C=O) groups excluding carboxylic acids is 3. The van der Waals surface area contributed by atoms with Crippen LogP contribution in [0.1, 0.15) is 23.1 Å². The van der Waals surface area contributed by atoms with E-state index in [4.69, 9.17) is 9.47 Å².